The molecule has 3 heterocycles. The highest BCUT2D eigenvalue weighted by Crippen LogP contribution is 2.54. The molecule has 9 aromatic carbocycles. The van der Waals surface area contributed by atoms with Crippen molar-refractivity contribution in [1.29, 1.82) is 0 Å². The van der Waals surface area contributed by atoms with Gasteiger partial charge in [0.15, 0.2) is 0 Å². The minimum Gasteiger partial charge on any atom is -0.457 e. The number of anilines is 4. The van der Waals surface area contributed by atoms with Crippen LogP contribution in [-0.2, 0) is 27.1 Å². The fourth-order valence-corrected chi connectivity index (χ4v) is 13.4. The van der Waals surface area contributed by atoms with Gasteiger partial charge in [0.1, 0.15) is 24.0 Å². The summed E-state index contributed by atoms with van der Waals surface area (Å²) in [6, 6.07) is 72.1. The Balaban J connectivity index is 0.924. The molecular formula is C81H82N4O. The quantitative estimate of drug-likeness (QED) is 0.144. The van der Waals surface area contributed by atoms with E-state index in [1.54, 1.807) is 0 Å². The maximum absolute atomic E-state index is 9.13. The number of para-hydroxylation sites is 2. The number of rotatable bonds is 9. The summed E-state index contributed by atoms with van der Waals surface area (Å²) in [4.78, 5) is 10.2. The number of aromatic nitrogens is 2. The molecule has 13 rings (SSSR count). The van der Waals surface area contributed by atoms with Crippen LogP contribution >= 0.6 is 0 Å². The van der Waals surface area contributed by atoms with Crippen molar-refractivity contribution in [3.8, 4) is 61.8 Å². The van der Waals surface area contributed by atoms with Gasteiger partial charge in [-0.2, -0.15) is 0 Å². The second-order valence-electron chi connectivity index (χ2n) is 28.6. The molecular weight excluding hydrogens is 1040 g/mol. The molecule has 2 aromatic heterocycles. The van der Waals surface area contributed by atoms with Gasteiger partial charge in [0, 0.05) is 55.6 Å². The number of pyridine rings is 1. The predicted octanol–water partition coefficient (Wildman–Crippen LogP) is 22.4. The van der Waals surface area contributed by atoms with Crippen molar-refractivity contribution in [2.45, 2.75) is 137 Å². The highest BCUT2D eigenvalue weighted by Gasteiger charge is 2.39. The maximum atomic E-state index is 9.13. The molecule has 0 atom stereocenters. The van der Waals surface area contributed by atoms with Gasteiger partial charge < -0.3 is 14.5 Å². The minimum absolute atomic E-state index is 0.0460. The zero-order valence-electron chi connectivity index (χ0n) is 55.4. The Morgan fingerprint density at radius 2 is 1.03 bits per heavy atom. The molecule has 0 fully saturated rings. The molecule has 0 saturated heterocycles. The lowest BCUT2D eigenvalue weighted by Crippen LogP contribution is -2.34. The second-order valence-corrected chi connectivity index (χ2v) is 28.6. The van der Waals surface area contributed by atoms with Crippen molar-refractivity contribution in [3.63, 3.8) is 0 Å². The Morgan fingerprint density at radius 3 is 1.72 bits per heavy atom. The summed E-state index contributed by atoms with van der Waals surface area (Å²) in [7, 11) is 0. The van der Waals surface area contributed by atoms with Crippen molar-refractivity contribution in [3.05, 3.63) is 240 Å². The van der Waals surface area contributed by atoms with Gasteiger partial charge in [-0.1, -0.05) is 211 Å². The van der Waals surface area contributed by atoms with Crippen LogP contribution in [0.1, 0.15) is 140 Å². The summed E-state index contributed by atoms with van der Waals surface area (Å²) >= 11 is 0. The number of ether oxygens (including phenoxy) is 1. The molecule has 0 saturated carbocycles. The van der Waals surface area contributed by atoms with Crippen LogP contribution in [0.3, 0.4) is 0 Å². The molecule has 1 aliphatic heterocycles. The first-order valence-corrected chi connectivity index (χ1v) is 30.7. The topological polar surface area (TPSA) is 33.5 Å². The first kappa shape index (κ1) is 52.9. The molecule has 5 nitrogen and oxygen atoms in total. The molecule has 0 spiro atoms. The normalized spacial score (nSPS) is 15.5. The highest BCUT2D eigenvalue weighted by atomic mass is 16.5. The second kappa shape index (κ2) is 20.8. The summed E-state index contributed by atoms with van der Waals surface area (Å²) in [5, 5.41) is 2.07. The molecule has 0 amide bonds. The van der Waals surface area contributed by atoms with Crippen molar-refractivity contribution in [2.24, 2.45) is 0 Å². The van der Waals surface area contributed by atoms with Gasteiger partial charge in [0.2, 0.25) is 0 Å². The molecule has 0 N–H and O–H groups in total. The van der Waals surface area contributed by atoms with Crippen LogP contribution in [0.4, 0.5) is 22.7 Å². The van der Waals surface area contributed by atoms with Crippen LogP contribution in [0.15, 0.2) is 206 Å². The number of benzene rings is 9. The average molecular weight is 1130 g/mol. The predicted molar refractivity (Wildman–Crippen MR) is 365 cm³/mol. The van der Waals surface area contributed by atoms with Crippen molar-refractivity contribution in [2.75, 3.05) is 16.5 Å². The molecule has 1 aliphatic carbocycles. The van der Waals surface area contributed by atoms with Crippen LogP contribution in [0.5, 0.6) is 11.5 Å². The number of fused-ring (bicyclic) bond motifs is 5. The molecule has 11 aromatic rings. The summed E-state index contributed by atoms with van der Waals surface area (Å²) < 4.78 is 36.5. The summed E-state index contributed by atoms with van der Waals surface area (Å²) in [5.74, 6) is 1.87. The minimum atomic E-state index is -2.43. The van der Waals surface area contributed by atoms with Crippen LogP contribution in [0.25, 0.3) is 72.1 Å². The number of nitrogens with zero attached hydrogens (tertiary/aromatic N) is 4. The number of hydrogen-bond acceptors (Lipinski definition) is 4. The van der Waals surface area contributed by atoms with Gasteiger partial charge in [-0.05, 0) is 175 Å². The zero-order chi connectivity index (χ0) is 62.7. The molecule has 0 radical (unpaired) electrons. The highest BCUT2D eigenvalue weighted by molar-refractivity contribution is 6.10. The first-order chi connectivity index (χ1) is 42.1. The van der Waals surface area contributed by atoms with Gasteiger partial charge in [0.25, 0.3) is 0 Å². The molecule has 432 valence electrons. The van der Waals surface area contributed by atoms with Crippen molar-refractivity contribution < 1.29 is 8.85 Å². The molecule has 2 aliphatic rings. The van der Waals surface area contributed by atoms with E-state index in [9.17, 15) is 0 Å². The first-order valence-electron chi connectivity index (χ1n) is 32.2. The monoisotopic (exact) mass is 1130 g/mol. The lowest BCUT2D eigenvalue weighted by Gasteiger charge is -2.43. The van der Waals surface area contributed by atoms with E-state index in [1.165, 1.54) is 55.6 Å². The van der Waals surface area contributed by atoms with Crippen molar-refractivity contribution in [1.82, 2.24) is 9.55 Å². The van der Waals surface area contributed by atoms with E-state index >= 15 is 0 Å². The lowest BCUT2D eigenvalue weighted by atomic mass is 9.61. The average Bonchev–Trinajstić information content (AvgIpc) is 1.76. The largest absolute Gasteiger partial charge is 0.457 e. The molecule has 86 heavy (non-hydrogen) atoms. The SMILES string of the molecule is [2H]C([2H])([2H])c1cc(-n2c3cc(Oc4cccc(N5CN(c6c(-c7ccccc7)cc(C(C)(C)C)cc6-c6cc(-c7ccccc7)cc(C(C)(C)C)c6)c6ccccc65)c4)ccc3c3ccc(C(C)(C)C)cc32)ncc1-c1cccc2c1C(C)(C)CCC2(C)C. The zero-order valence-corrected chi connectivity index (χ0v) is 52.4. The summed E-state index contributed by atoms with van der Waals surface area (Å²) in [5.41, 5.74) is 20.7. The number of aryl methyl sites for hydroxylation is 1. The molecule has 0 bridgehead atoms. The van der Waals surface area contributed by atoms with Gasteiger partial charge in [0.05, 0.1) is 28.1 Å². The third-order valence-corrected chi connectivity index (χ3v) is 18.5. The van der Waals surface area contributed by atoms with Crippen LogP contribution < -0.4 is 14.5 Å². The fraction of sp³-hybridized carbons (Fsp3) is 0.272. The van der Waals surface area contributed by atoms with E-state index in [4.69, 9.17) is 13.8 Å². The van der Waals surface area contributed by atoms with Gasteiger partial charge in [-0.15, -0.1) is 0 Å². The van der Waals surface area contributed by atoms with E-state index in [-0.39, 0.29) is 32.6 Å². The van der Waals surface area contributed by atoms with Gasteiger partial charge >= 0.3 is 0 Å². The maximum Gasteiger partial charge on any atom is 0.137 e. The van der Waals surface area contributed by atoms with Gasteiger partial charge in [-0.3, -0.25) is 4.57 Å². The summed E-state index contributed by atoms with van der Waals surface area (Å²) in [6.07, 6.45) is 3.88. The Labute approximate surface area is 515 Å². The van der Waals surface area contributed by atoms with E-state index in [2.05, 4.69) is 286 Å². The van der Waals surface area contributed by atoms with Crippen LogP contribution in [0.2, 0.25) is 0 Å². The number of hydrogen-bond donors (Lipinski definition) is 0. The molecule has 0 unspecified atom stereocenters. The van der Waals surface area contributed by atoms with E-state index in [0.29, 0.717) is 29.5 Å². The Kier molecular flexibility index (Phi) is 12.8. The van der Waals surface area contributed by atoms with E-state index < -0.39 is 6.85 Å². The smallest absolute Gasteiger partial charge is 0.137 e. The Morgan fingerprint density at radius 1 is 0.453 bits per heavy atom. The van der Waals surface area contributed by atoms with Gasteiger partial charge in [-0.25, -0.2) is 4.98 Å². The third-order valence-electron chi connectivity index (χ3n) is 18.5. The lowest BCUT2D eigenvalue weighted by molar-refractivity contribution is 0.333. The fourth-order valence-electron chi connectivity index (χ4n) is 13.4. The van der Waals surface area contributed by atoms with Crippen LogP contribution in [-0.4, -0.2) is 16.2 Å². The van der Waals surface area contributed by atoms with Crippen LogP contribution in [0, 0.1) is 6.85 Å². The van der Waals surface area contributed by atoms with E-state index in [0.717, 1.165) is 68.5 Å². The van der Waals surface area contributed by atoms with E-state index in [1.807, 2.05) is 24.4 Å². The standard InChI is InChI=1S/C81H82N4O/c1-52-41-74(82-50-68(52)65-31-24-32-69-75(65)81(13,14)40-39-80(69,11)12)85-72-47-57(77(2,3)4)35-37-63(72)64-38-36-62(49-73(64)85)86-61-30-23-29-60(48-61)83-51-84(71-34-22-21-33-70(71)83)76-66(54-27-19-16-20-28-54)45-59(79(8,9)10)46-67(76)56-42-55(53-25-17-15-18-26-53)43-58(44-56)78(5,6)7/h15-38,41-50H,39-40,51H2,1-14H3/i1D3. The summed E-state index contributed by atoms with van der Waals surface area (Å²) in [6.45, 7) is 27.8. The Hall–Kier alpha value is -8.67. The third kappa shape index (κ3) is 10.2. The van der Waals surface area contributed by atoms with Crippen molar-refractivity contribution >= 4 is 44.6 Å². The Bertz CT molecular complexity index is 4550. The molecule has 5 heteroatoms.